The highest BCUT2D eigenvalue weighted by atomic mass is 35.5. The van der Waals surface area contributed by atoms with E-state index in [1.165, 1.54) is 29.2 Å². The van der Waals surface area contributed by atoms with Gasteiger partial charge in [0, 0.05) is 6.07 Å². The van der Waals surface area contributed by atoms with Crippen LogP contribution >= 0.6 is 46.5 Å². The Balaban J connectivity index is 2.27. The molecule has 0 aliphatic rings. The summed E-state index contributed by atoms with van der Waals surface area (Å²) in [6.07, 6.45) is -2.80. The Morgan fingerprint density at radius 3 is 2.47 bits per heavy atom. The summed E-state index contributed by atoms with van der Waals surface area (Å²) in [6, 6.07) is 1.25. The van der Waals surface area contributed by atoms with Gasteiger partial charge >= 0.3 is 6.18 Å². The summed E-state index contributed by atoms with van der Waals surface area (Å²) >= 11 is 9.19. The second-order valence-electron chi connectivity index (χ2n) is 2.99. The van der Waals surface area contributed by atoms with Gasteiger partial charge in [-0.25, -0.2) is 9.97 Å². The van der Waals surface area contributed by atoms with Crippen molar-refractivity contribution in [2.24, 2.45) is 0 Å². The molecule has 2 heterocycles. The number of halogens is 4. The zero-order chi connectivity index (χ0) is 14.0. The van der Waals surface area contributed by atoms with E-state index in [1.54, 1.807) is 0 Å². The van der Waals surface area contributed by atoms with E-state index in [0.717, 1.165) is 16.1 Å². The molecule has 0 saturated heterocycles. The van der Waals surface area contributed by atoms with Crippen molar-refractivity contribution in [3.05, 3.63) is 17.0 Å². The smallest absolute Gasteiger partial charge is 0.217 e. The molecule has 2 aromatic rings. The largest absolute Gasteiger partial charge is 0.451 e. The molecule has 2 aromatic heterocycles. The first kappa shape index (κ1) is 14.8. The number of thioether (sulfide) groups is 1. The number of nitrogens with zero attached hydrogens (tertiary/aromatic N) is 4. The van der Waals surface area contributed by atoms with Crippen LogP contribution in [0.2, 0.25) is 5.15 Å². The van der Waals surface area contributed by atoms with E-state index in [9.17, 15) is 13.2 Å². The van der Waals surface area contributed by atoms with E-state index in [-0.39, 0.29) is 10.2 Å². The quantitative estimate of drug-likeness (QED) is 0.622. The highest BCUT2D eigenvalue weighted by Crippen LogP contribution is 2.34. The average molecular weight is 345 g/mol. The fourth-order valence-corrected chi connectivity index (χ4v) is 3.62. The van der Waals surface area contributed by atoms with Crippen LogP contribution in [0.25, 0.3) is 0 Å². The van der Waals surface area contributed by atoms with E-state index in [1.807, 2.05) is 6.26 Å². The molecule has 0 radical (unpaired) electrons. The minimum absolute atomic E-state index is 0.0797. The van der Waals surface area contributed by atoms with Gasteiger partial charge in [0.25, 0.3) is 0 Å². The molecule has 0 aliphatic carbocycles. The topological polar surface area (TPSA) is 51.6 Å². The van der Waals surface area contributed by atoms with Crippen molar-refractivity contribution in [1.29, 1.82) is 0 Å². The fraction of sp³-hybridized carbons (Fsp3) is 0.250. The third-order valence-electron chi connectivity index (χ3n) is 1.68. The summed E-state index contributed by atoms with van der Waals surface area (Å²) in [5.74, 6) is -1.27. The number of alkyl halides is 3. The monoisotopic (exact) mass is 344 g/mol. The number of rotatable bonds is 3. The number of hydrogen-bond donors (Lipinski definition) is 0. The summed E-state index contributed by atoms with van der Waals surface area (Å²) in [5.41, 5.74) is 0. The first-order valence-corrected chi connectivity index (χ1v) is 7.79. The summed E-state index contributed by atoms with van der Waals surface area (Å²) in [7, 11) is 0. The van der Waals surface area contributed by atoms with Gasteiger partial charge in [0.2, 0.25) is 5.82 Å². The van der Waals surface area contributed by atoms with Crippen LogP contribution in [0, 0.1) is 0 Å². The minimum Gasteiger partial charge on any atom is -0.217 e. The van der Waals surface area contributed by atoms with E-state index in [4.69, 9.17) is 11.6 Å². The Morgan fingerprint density at radius 2 is 1.89 bits per heavy atom. The third kappa shape index (κ3) is 3.94. The molecule has 0 N–H and O–H groups in total. The zero-order valence-electron chi connectivity index (χ0n) is 9.10. The maximum Gasteiger partial charge on any atom is 0.451 e. The molecule has 0 unspecified atom stereocenters. The lowest BCUT2D eigenvalue weighted by molar-refractivity contribution is -0.145. The van der Waals surface area contributed by atoms with Gasteiger partial charge in [0.15, 0.2) is 8.68 Å². The molecule has 0 amide bonds. The molecule has 0 aliphatic heterocycles. The van der Waals surface area contributed by atoms with Crippen molar-refractivity contribution in [2.75, 3.05) is 6.26 Å². The first-order valence-electron chi connectivity index (χ1n) is 4.55. The maximum absolute atomic E-state index is 12.5. The SMILES string of the molecule is CSc1nnc(Sc2cc(Cl)nc(C(F)(F)F)n2)s1. The molecule has 2 rings (SSSR count). The van der Waals surface area contributed by atoms with Gasteiger partial charge < -0.3 is 0 Å². The van der Waals surface area contributed by atoms with Crippen LogP contribution in [0.1, 0.15) is 5.82 Å². The molecule has 102 valence electrons. The summed E-state index contributed by atoms with van der Waals surface area (Å²) in [4.78, 5) is 6.56. The van der Waals surface area contributed by atoms with Gasteiger partial charge in [-0.2, -0.15) is 13.2 Å². The Labute approximate surface area is 123 Å². The molecule has 0 atom stereocenters. The third-order valence-corrected chi connectivity index (χ3v) is 4.74. The first-order chi connectivity index (χ1) is 8.88. The lowest BCUT2D eigenvalue weighted by Crippen LogP contribution is -2.11. The van der Waals surface area contributed by atoms with Crippen LogP contribution in [0.3, 0.4) is 0 Å². The van der Waals surface area contributed by atoms with Crippen LogP contribution < -0.4 is 0 Å². The van der Waals surface area contributed by atoms with Crippen LogP contribution in [0.4, 0.5) is 13.2 Å². The van der Waals surface area contributed by atoms with Crippen LogP contribution in [-0.2, 0) is 6.18 Å². The van der Waals surface area contributed by atoms with Crippen LogP contribution in [0.15, 0.2) is 19.8 Å². The van der Waals surface area contributed by atoms with E-state index in [2.05, 4.69) is 20.2 Å². The van der Waals surface area contributed by atoms with Crippen molar-refractivity contribution in [3.8, 4) is 0 Å². The average Bonchev–Trinajstić information content (AvgIpc) is 2.75. The van der Waals surface area contributed by atoms with Crippen molar-refractivity contribution < 1.29 is 13.2 Å². The predicted molar refractivity (Wildman–Crippen MR) is 67.9 cm³/mol. The summed E-state index contributed by atoms with van der Waals surface area (Å²) < 4.78 is 38.8. The summed E-state index contributed by atoms with van der Waals surface area (Å²) in [5, 5.41) is 7.48. The lowest BCUT2D eigenvalue weighted by atomic mass is 10.5. The van der Waals surface area contributed by atoms with Gasteiger partial charge in [-0.3, -0.25) is 0 Å². The standard InChI is InChI=1S/C8H4ClF3N4S3/c1-17-6-15-16-7(19-6)18-4-2-3(9)13-5(14-4)8(10,11)12/h2H,1H3. The molecular weight excluding hydrogens is 341 g/mol. The molecule has 11 heteroatoms. The fourth-order valence-electron chi connectivity index (χ4n) is 0.986. The normalized spacial score (nSPS) is 11.8. The van der Waals surface area contributed by atoms with Crippen molar-refractivity contribution in [2.45, 2.75) is 19.9 Å². The molecule has 0 bridgehead atoms. The van der Waals surface area contributed by atoms with E-state index < -0.39 is 12.0 Å². The molecule has 19 heavy (non-hydrogen) atoms. The van der Waals surface area contributed by atoms with Gasteiger partial charge in [0.1, 0.15) is 10.2 Å². The Kier molecular flexibility index (Phi) is 4.54. The van der Waals surface area contributed by atoms with E-state index >= 15 is 0 Å². The van der Waals surface area contributed by atoms with Gasteiger partial charge in [-0.1, -0.05) is 34.7 Å². The highest BCUT2D eigenvalue weighted by Gasteiger charge is 2.35. The molecule has 0 saturated carbocycles. The molecule has 0 aromatic carbocycles. The molecule has 4 nitrogen and oxygen atoms in total. The lowest BCUT2D eigenvalue weighted by Gasteiger charge is -2.06. The molecule has 0 spiro atoms. The Hall–Kier alpha value is -0.580. The van der Waals surface area contributed by atoms with Crippen molar-refractivity contribution >= 4 is 46.5 Å². The second kappa shape index (κ2) is 5.81. The van der Waals surface area contributed by atoms with E-state index in [0.29, 0.717) is 4.34 Å². The van der Waals surface area contributed by atoms with Crippen LogP contribution in [-0.4, -0.2) is 26.4 Å². The maximum atomic E-state index is 12.5. The zero-order valence-corrected chi connectivity index (χ0v) is 12.3. The summed E-state index contributed by atoms with van der Waals surface area (Å²) in [6.45, 7) is 0. The van der Waals surface area contributed by atoms with Gasteiger partial charge in [0.05, 0.1) is 0 Å². The van der Waals surface area contributed by atoms with Crippen molar-refractivity contribution in [3.63, 3.8) is 0 Å². The van der Waals surface area contributed by atoms with Gasteiger partial charge in [-0.15, -0.1) is 10.2 Å². The number of aromatic nitrogens is 4. The minimum atomic E-state index is -4.63. The van der Waals surface area contributed by atoms with Crippen LogP contribution in [0.5, 0.6) is 0 Å². The Morgan fingerprint density at radius 1 is 1.21 bits per heavy atom. The number of hydrogen-bond acceptors (Lipinski definition) is 7. The predicted octanol–water partition coefficient (Wildman–Crippen LogP) is 3.87. The second-order valence-corrected chi connectivity index (χ2v) is 6.68. The molecule has 0 fully saturated rings. The van der Waals surface area contributed by atoms with Crippen molar-refractivity contribution in [1.82, 2.24) is 20.2 Å². The Bertz CT molecular complexity index is 589. The van der Waals surface area contributed by atoms with Gasteiger partial charge in [-0.05, 0) is 18.0 Å². The highest BCUT2D eigenvalue weighted by molar-refractivity contribution is 8.02. The molecular formula is C8H4ClF3N4S3.